The molecule has 0 spiro atoms. The molecule has 0 bridgehead atoms. The van der Waals surface area contributed by atoms with Gasteiger partial charge in [0.2, 0.25) is 11.8 Å². The third kappa shape index (κ3) is 5.19. The largest absolute Gasteiger partial charge is 0.497 e. The Morgan fingerprint density at radius 2 is 1.79 bits per heavy atom. The molecule has 2 amide bonds. The number of ether oxygens (including phenoxy) is 1. The van der Waals surface area contributed by atoms with Gasteiger partial charge >= 0.3 is 0 Å². The highest BCUT2D eigenvalue weighted by atomic mass is 19.1. The number of carbonyl (C=O) groups excluding carboxylic acids is 2. The Bertz CT molecular complexity index is 847. The van der Waals surface area contributed by atoms with Gasteiger partial charge in [-0.1, -0.05) is 24.3 Å². The number of hydrogen-bond donors (Lipinski definition) is 0. The summed E-state index contributed by atoms with van der Waals surface area (Å²) in [6.07, 6.45) is 3.42. The minimum atomic E-state index is -0.313. The standard InChI is InChI=1S/C22H23FN2O3/c1-28-20-9-4-18(5-10-20)16-25-15-14-24(13-12-22(25)27)21(26)11-6-17-2-7-19(23)8-3-17/h2-11H,12-16H2,1H3/b11-6+. The molecule has 0 saturated carbocycles. The van der Waals surface area contributed by atoms with Crippen LogP contribution >= 0.6 is 0 Å². The predicted octanol–water partition coefficient (Wildman–Crippen LogP) is 3.11. The molecule has 0 aliphatic carbocycles. The first-order valence-electron chi connectivity index (χ1n) is 9.18. The van der Waals surface area contributed by atoms with E-state index in [0.717, 1.165) is 16.9 Å². The molecule has 0 aromatic heterocycles. The highest BCUT2D eigenvalue weighted by molar-refractivity contribution is 5.92. The van der Waals surface area contributed by atoms with Crippen molar-refractivity contribution in [1.29, 1.82) is 0 Å². The molecule has 28 heavy (non-hydrogen) atoms. The van der Waals surface area contributed by atoms with E-state index in [0.29, 0.717) is 32.6 Å². The fourth-order valence-electron chi connectivity index (χ4n) is 3.05. The van der Waals surface area contributed by atoms with Crippen molar-refractivity contribution in [1.82, 2.24) is 9.80 Å². The van der Waals surface area contributed by atoms with E-state index in [2.05, 4.69) is 0 Å². The molecule has 1 heterocycles. The molecular weight excluding hydrogens is 359 g/mol. The summed E-state index contributed by atoms with van der Waals surface area (Å²) in [6, 6.07) is 13.5. The van der Waals surface area contributed by atoms with E-state index in [1.54, 1.807) is 35.1 Å². The normalized spacial score (nSPS) is 15.0. The van der Waals surface area contributed by atoms with Crippen LogP contribution < -0.4 is 4.74 Å². The highest BCUT2D eigenvalue weighted by Crippen LogP contribution is 2.15. The summed E-state index contributed by atoms with van der Waals surface area (Å²) in [5.74, 6) is 0.346. The monoisotopic (exact) mass is 382 g/mol. The van der Waals surface area contributed by atoms with Crippen molar-refractivity contribution >= 4 is 17.9 Å². The molecule has 0 unspecified atom stereocenters. The lowest BCUT2D eigenvalue weighted by Gasteiger charge is -2.21. The van der Waals surface area contributed by atoms with Crippen LogP contribution in [0.1, 0.15) is 17.5 Å². The number of hydrogen-bond acceptors (Lipinski definition) is 3. The summed E-state index contributed by atoms with van der Waals surface area (Å²) in [4.78, 5) is 28.3. The average Bonchev–Trinajstić information content (AvgIpc) is 2.90. The molecule has 1 aliphatic heterocycles. The van der Waals surface area contributed by atoms with Crippen LogP contribution in [0.4, 0.5) is 4.39 Å². The smallest absolute Gasteiger partial charge is 0.246 e. The first kappa shape index (κ1) is 19.6. The molecule has 1 saturated heterocycles. The van der Waals surface area contributed by atoms with Crippen LogP contribution in [0.2, 0.25) is 0 Å². The number of benzene rings is 2. The Morgan fingerprint density at radius 1 is 1.07 bits per heavy atom. The maximum absolute atomic E-state index is 12.9. The lowest BCUT2D eigenvalue weighted by atomic mass is 10.2. The van der Waals surface area contributed by atoms with Gasteiger partial charge in [0.05, 0.1) is 7.11 Å². The van der Waals surface area contributed by atoms with Gasteiger partial charge in [-0.15, -0.1) is 0 Å². The lowest BCUT2D eigenvalue weighted by Crippen LogP contribution is -2.34. The molecule has 2 aromatic carbocycles. The van der Waals surface area contributed by atoms with Crippen molar-refractivity contribution in [3.63, 3.8) is 0 Å². The van der Waals surface area contributed by atoms with Crippen molar-refractivity contribution in [2.75, 3.05) is 26.7 Å². The van der Waals surface area contributed by atoms with Gasteiger partial charge in [0.15, 0.2) is 0 Å². The molecule has 146 valence electrons. The Hall–Kier alpha value is -3.15. The van der Waals surface area contributed by atoms with Crippen molar-refractivity contribution in [2.24, 2.45) is 0 Å². The number of halogens is 1. The number of nitrogens with zero attached hydrogens (tertiary/aromatic N) is 2. The fourth-order valence-corrected chi connectivity index (χ4v) is 3.05. The Labute approximate surface area is 164 Å². The average molecular weight is 382 g/mol. The Kier molecular flexibility index (Phi) is 6.42. The van der Waals surface area contributed by atoms with Crippen molar-refractivity contribution in [2.45, 2.75) is 13.0 Å². The van der Waals surface area contributed by atoms with E-state index < -0.39 is 0 Å². The SMILES string of the molecule is COc1ccc(CN2CCN(C(=O)/C=C/c3ccc(F)cc3)CCC2=O)cc1. The number of carbonyl (C=O) groups is 2. The predicted molar refractivity (Wildman–Crippen MR) is 105 cm³/mol. The van der Waals surface area contributed by atoms with Gasteiger partial charge in [-0.2, -0.15) is 0 Å². The minimum Gasteiger partial charge on any atom is -0.497 e. The van der Waals surface area contributed by atoms with E-state index in [-0.39, 0.29) is 17.6 Å². The zero-order chi connectivity index (χ0) is 19.9. The summed E-state index contributed by atoms with van der Waals surface area (Å²) < 4.78 is 18.1. The summed E-state index contributed by atoms with van der Waals surface area (Å²) in [6.45, 7) is 1.87. The minimum absolute atomic E-state index is 0.0358. The van der Waals surface area contributed by atoms with Crippen molar-refractivity contribution in [3.05, 3.63) is 71.6 Å². The van der Waals surface area contributed by atoms with Gasteiger partial charge in [0, 0.05) is 38.7 Å². The van der Waals surface area contributed by atoms with Crippen molar-refractivity contribution < 1.29 is 18.7 Å². The van der Waals surface area contributed by atoms with Crippen molar-refractivity contribution in [3.8, 4) is 5.75 Å². The van der Waals surface area contributed by atoms with Crippen LogP contribution in [0.3, 0.4) is 0 Å². The summed E-state index contributed by atoms with van der Waals surface area (Å²) in [5, 5.41) is 0. The second-order valence-corrected chi connectivity index (χ2v) is 6.62. The van der Waals surface area contributed by atoms with Gasteiger partial charge in [-0.05, 0) is 41.5 Å². The van der Waals surface area contributed by atoms with Gasteiger partial charge in [-0.3, -0.25) is 9.59 Å². The van der Waals surface area contributed by atoms with Crippen LogP contribution in [0.25, 0.3) is 6.08 Å². The van der Waals surface area contributed by atoms with Gasteiger partial charge in [0.25, 0.3) is 0 Å². The van der Waals surface area contributed by atoms with Gasteiger partial charge in [-0.25, -0.2) is 4.39 Å². The molecule has 2 aromatic rings. The van der Waals surface area contributed by atoms with Gasteiger partial charge in [0.1, 0.15) is 11.6 Å². The Balaban J connectivity index is 1.58. The van der Waals surface area contributed by atoms with Crippen LogP contribution in [0, 0.1) is 5.82 Å². The molecule has 1 fully saturated rings. The maximum Gasteiger partial charge on any atom is 0.246 e. The van der Waals surface area contributed by atoms with Gasteiger partial charge < -0.3 is 14.5 Å². The van der Waals surface area contributed by atoms with E-state index in [9.17, 15) is 14.0 Å². The van der Waals surface area contributed by atoms with Crippen LogP contribution in [0.5, 0.6) is 5.75 Å². The molecule has 6 heteroatoms. The molecular formula is C22H23FN2O3. The molecule has 5 nitrogen and oxygen atoms in total. The van der Waals surface area contributed by atoms with Crippen LogP contribution in [0.15, 0.2) is 54.6 Å². The van der Waals surface area contributed by atoms with E-state index >= 15 is 0 Å². The highest BCUT2D eigenvalue weighted by Gasteiger charge is 2.22. The second-order valence-electron chi connectivity index (χ2n) is 6.62. The zero-order valence-electron chi connectivity index (χ0n) is 15.8. The summed E-state index contributed by atoms with van der Waals surface area (Å²) in [7, 11) is 1.61. The molecule has 0 radical (unpaired) electrons. The summed E-state index contributed by atoms with van der Waals surface area (Å²) in [5.41, 5.74) is 1.77. The third-order valence-corrected chi connectivity index (χ3v) is 4.72. The number of methoxy groups -OCH3 is 1. The van der Waals surface area contributed by atoms with E-state index in [1.165, 1.54) is 18.2 Å². The molecule has 1 aliphatic rings. The molecule has 0 atom stereocenters. The maximum atomic E-state index is 12.9. The quantitative estimate of drug-likeness (QED) is 0.747. The first-order chi connectivity index (χ1) is 13.5. The van der Waals surface area contributed by atoms with E-state index in [4.69, 9.17) is 4.74 Å². The third-order valence-electron chi connectivity index (χ3n) is 4.72. The number of rotatable bonds is 5. The molecule has 3 rings (SSSR count). The van der Waals surface area contributed by atoms with Crippen LogP contribution in [-0.2, 0) is 16.1 Å². The Morgan fingerprint density at radius 3 is 2.46 bits per heavy atom. The zero-order valence-corrected chi connectivity index (χ0v) is 15.8. The molecule has 0 N–H and O–H groups in total. The lowest BCUT2D eigenvalue weighted by molar-refractivity contribution is -0.130. The van der Waals surface area contributed by atoms with Crippen LogP contribution in [-0.4, -0.2) is 48.4 Å². The second kappa shape index (κ2) is 9.17. The fraction of sp³-hybridized carbons (Fsp3) is 0.273. The first-order valence-corrected chi connectivity index (χ1v) is 9.18. The number of amides is 2. The van der Waals surface area contributed by atoms with E-state index in [1.807, 2.05) is 24.3 Å². The summed E-state index contributed by atoms with van der Waals surface area (Å²) >= 11 is 0. The topological polar surface area (TPSA) is 49.9 Å².